The summed E-state index contributed by atoms with van der Waals surface area (Å²) in [5, 5.41) is 8.04. The van der Waals surface area contributed by atoms with Crippen LogP contribution in [0.3, 0.4) is 0 Å². The quantitative estimate of drug-likeness (QED) is 0.189. The normalized spacial score (nSPS) is 12.7. The van der Waals surface area contributed by atoms with Crippen LogP contribution in [-0.4, -0.2) is 29.9 Å². The summed E-state index contributed by atoms with van der Waals surface area (Å²) in [4.78, 5) is 0. The fraction of sp³-hybridized carbons (Fsp3) is 1.00. The Bertz CT molecular complexity index is 388. The van der Waals surface area contributed by atoms with Crippen LogP contribution in [0.1, 0.15) is 122 Å². The third-order valence-electron chi connectivity index (χ3n) is 5.22. The fourth-order valence-electron chi connectivity index (χ4n) is 3.48. The van der Waals surface area contributed by atoms with Crippen LogP contribution < -0.4 is 29.6 Å². The zero-order chi connectivity index (χ0) is 19.5. The average molecular weight is 415 g/mol. The van der Waals surface area contributed by atoms with Crippen molar-refractivity contribution in [3.8, 4) is 0 Å². The Morgan fingerprint density at radius 2 is 1.00 bits per heavy atom. The van der Waals surface area contributed by atoms with Gasteiger partial charge in [-0.1, -0.05) is 103 Å². The van der Waals surface area contributed by atoms with Crippen molar-refractivity contribution in [2.45, 2.75) is 128 Å². The fourth-order valence-corrected chi connectivity index (χ4v) is 4.39. The van der Waals surface area contributed by atoms with Crippen molar-refractivity contribution in [1.29, 1.82) is 0 Å². The number of aliphatic hydroxyl groups is 1. The van der Waals surface area contributed by atoms with Crippen LogP contribution in [0.15, 0.2) is 0 Å². The first kappa shape index (κ1) is 30.1. The first-order chi connectivity index (χ1) is 12.5. The second kappa shape index (κ2) is 21.6. The Balaban J connectivity index is 0. The molecule has 6 heteroatoms. The summed E-state index contributed by atoms with van der Waals surface area (Å²) in [6, 6.07) is 0. The van der Waals surface area contributed by atoms with Gasteiger partial charge in [-0.25, -0.2) is 8.42 Å². The van der Waals surface area contributed by atoms with E-state index in [0.717, 1.165) is 64.2 Å². The van der Waals surface area contributed by atoms with Gasteiger partial charge in [-0.05, 0) is 19.3 Å². The smallest absolute Gasteiger partial charge is 0.748 e. The molecule has 0 heterocycles. The predicted octanol–water partition coefficient (Wildman–Crippen LogP) is 2.94. The third kappa shape index (κ3) is 21.4. The first-order valence-electron chi connectivity index (χ1n) is 11.1. The minimum absolute atomic E-state index is 0. The average Bonchev–Trinajstić information content (AvgIpc) is 2.59. The van der Waals surface area contributed by atoms with Crippen LogP contribution in [0.5, 0.6) is 0 Å². The van der Waals surface area contributed by atoms with E-state index in [9.17, 15) is 13.0 Å². The van der Waals surface area contributed by atoms with Gasteiger partial charge >= 0.3 is 29.6 Å². The van der Waals surface area contributed by atoms with E-state index in [2.05, 4.69) is 6.92 Å². The van der Waals surface area contributed by atoms with Gasteiger partial charge in [0.2, 0.25) is 0 Å². The van der Waals surface area contributed by atoms with Gasteiger partial charge in [0.05, 0.1) is 10.1 Å². The van der Waals surface area contributed by atoms with Gasteiger partial charge in [0, 0.05) is 11.9 Å². The van der Waals surface area contributed by atoms with E-state index in [1.807, 2.05) is 0 Å². The van der Waals surface area contributed by atoms with Crippen molar-refractivity contribution in [2.24, 2.45) is 0 Å². The minimum Gasteiger partial charge on any atom is -0.748 e. The molecule has 158 valence electrons. The van der Waals surface area contributed by atoms with Gasteiger partial charge in [0.15, 0.2) is 0 Å². The summed E-state index contributed by atoms with van der Waals surface area (Å²) in [5.74, 6) is 0. The number of rotatable bonds is 20. The van der Waals surface area contributed by atoms with Crippen LogP contribution in [0, 0.1) is 0 Å². The molecule has 0 spiro atoms. The molecule has 0 aliphatic rings. The summed E-state index contributed by atoms with van der Waals surface area (Å²) in [6.45, 7) is 2.49. The zero-order valence-corrected chi connectivity index (χ0v) is 20.9. The molecule has 0 saturated heterocycles. The van der Waals surface area contributed by atoms with E-state index in [1.54, 1.807) is 0 Å². The molecular formula is C21H43NaO4S. The molecule has 0 aromatic heterocycles. The second-order valence-corrected chi connectivity index (χ2v) is 9.37. The molecule has 0 aliphatic heterocycles. The molecule has 0 aromatic carbocycles. The van der Waals surface area contributed by atoms with Crippen LogP contribution in [0.2, 0.25) is 0 Å². The van der Waals surface area contributed by atoms with E-state index >= 15 is 0 Å². The van der Waals surface area contributed by atoms with E-state index < -0.39 is 15.4 Å². The largest absolute Gasteiger partial charge is 1.00 e. The van der Waals surface area contributed by atoms with Crippen LogP contribution in [0.25, 0.3) is 0 Å². The summed E-state index contributed by atoms with van der Waals surface area (Å²) in [7, 11) is -4.15. The van der Waals surface area contributed by atoms with Gasteiger partial charge in [-0.15, -0.1) is 0 Å². The Kier molecular flexibility index (Phi) is 24.0. The van der Waals surface area contributed by atoms with Crippen LogP contribution in [-0.2, 0) is 10.1 Å². The topological polar surface area (TPSA) is 77.4 Å². The monoisotopic (exact) mass is 414 g/mol. The molecule has 0 fully saturated rings. The van der Waals surface area contributed by atoms with Crippen LogP contribution >= 0.6 is 0 Å². The van der Waals surface area contributed by atoms with Crippen molar-refractivity contribution in [1.82, 2.24) is 0 Å². The maximum Gasteiger partial charge on any atom is 1.00 e. The number of unbranched alkanes of at least 4 members (excludes halogenated alkanes) is 14. The maximum atomic E-state index is 11.5. The van der Waals surface area contributed by atoms with Gasteiger partial charge in [0.25, 0.3) is 0 Å². The first-order valence-corrected chi connectivity index (χ1v) is 12.5. The molecule has 1 unspecified atom stereocenters. The van der Waals surface area contributed by atoms with E-state index in [1.165, 1.54) is 38.5 Å². The van der Waals surface area contributed by atoms with E-state index in [0.29, 0.717) is 12.8 Å². The van der Waals surface area contributed by atoms with Gasteiger partial charge in [-0.2, -0.15) is 0 Å². The summed E-state index contributed by atoms with van der Waals surface area (Å²) >= 11 is 0. The Morgan fingerprint density at radius 3 is 1.33 bits per heavy atom. The second-order valence-electron chi connectivity index (χ2n) is 7.72. The molecule has 0 rings (SSSR count). The molecule has 0 aromatic rings. The molecule has 0 amide bonds. The molecule has 1 atom stereocenters. The van der Waals surface area contributed by atoms with Crippen molar-refractivity contribution < 1.29 is 47.6 Å². The number of aliphatic hydroxyl groups excluding tert-OH is 1. The predicted molar refractivity (Wildman–Crippen MR) is 109 cm³/mol. The molecule has 27 heavy (non-hydrogen) atoms. The molecule has 0 saturated carbocycles. The van der Waals surface area contributed by atoms with Crippen molar-refractivity contribution in [3.63, 3.8) is 0 Å². The van der Waals surface area contributed by atoms with Gasteiger partial charge < -0.3 is 9.66 Å². The Labute approximate surface area is 191 Å². The van der Waals surface area contributed by atoms with Gasteiger partial charge in [-0.3, -0.25) is 0 Å². The SMILES string of the molecule is CCCCCCCCCCC(CCCCCCCCCCO)S(=O)(=O)[O-].[Na+]. The summed E-state index contributed by atoms with van der Waals surface area (Å²) < 4.78 is 34.4. The van der Waals surface area contributed by atoms with Gasteiger partial charge in [0.1, 0.15) is 0 Å². The summed E-state index contributed by atoms with van der Waals surface area (Å²) in [6.07, 6.45) is 19.0. The summed E-state index contributed by atoms with van der Waals surface area (Å²) in [5.41, 5.74) is 0. The third-order valence-corrected chi connectivity index (χ3v) is 6.51. The Morgan fingerprint density at radius 1 is 0.667 bits per heavy atom. The van der Waals surface area contributed by atoms with Crippen molar-refractivity contribution in [3.05, 3.63) is 0 Å². The molecule has 1 N–H and O–H groups in total. The van der Waals surface area contributed by atoms with E-state index in [-0.39, 0.29) is 36.2 Å². The van der Waals surface area contributed by atoms with Crippen molar-refractivity contribution >= 4 is 10.1 Å². The number of hydrogen-bond donors (Lipinski definition) is 1. The standard InChI is InChI=1S/C21H44O4S.Na/c1-2-3-4-5-6-9-12-15-18-21(26(23,24)25)19-16-13-10-7-8-11-14-17-20-22;/h21-22H,2-20H2,1H3,(H,23,24,25);/q;+1/p-1. The van der Waals surface area contributed by atoms with Crippen molar-refractivity contribution in [2.75, 3.05) is 6.61 Å². The molecule has 0 aliphatic carbocycles. The molecule has 4 nitrogen and oxygen atoms in total. The molecule has 0 bridgehead atoms. The minimum atomic E-state index is -4.15. The molecular weight excluding hydrogens is 371 g/mol. The van der Waals surface area contributed by atoms with E-state index in [4.69, 9.17) is 5.11 Å². The van der Waals surface area contributed by atoms with Crippen LogP contribution in [0.4, 0.5) is 0 Å². The number of hydrogen-bond acceptors (Lipinski definition) is 4. The zero-order valence-electron chi connectivity index (χ0n) is 18.1. The maximum absolute atomic E-state index is 11.5. The molecule has 0 radical (unpaired) electrons. The Hall–Kier alpha value is 0.870.